The second-order valence-corrected chi connectivity index (χ2v) is 3.80. The van der Waals surface area contributed by atoms with Crippen molar-refractivity contribution in [2.24, 2.45) is 5.92 Å². The van der Waals surface area contributed by atoms with E-state index in [4.69, 9.17) is 4.74 Å². The van der Waals surface area contributed by atoms with Crippen LogP contribution >= 0.6 is 0 Å². The predicted molar refractivity (Wildman–Crippen MR) is 44.4 cm³/mol. The standard InChI is InChI=1S/C9H18O2/c1-7(2)5-9-6-8(10)3-4-11-9/h7-10H,3-6H2,1-2H3/t8-,9-/m1/s1. The van der Waals surface area contributed by atoms with Crippen molar-refractivity contribution in [3.63, 3.8) is 0 Å². The van der Waals surface area contributed by atoms with Crippen LogP contribution in [0, 0.1) is 5.92 Å². The van der Waals surface area contributed by atoms with Crippen molar-refractivity contribution in [2.75, 3.05) is 6.61 Å². The maximum atomic E-state index is 9.31. The van der Waals surface area contributed by atoms with Gasteiger partial charge in [-0.25, -0.2) is 0 Å². The molecule has 0 bridgehead atoms. The van der Waals surface area contributed by atoms with Crippen molar-refractivity contribution in [1.29, 1.82) is 0 Å². The first-order valence-corrected chi connectivity index (χ1v) is 4.48. The van der Waals surface area contributed by atoms with Crippen LogP contribution in [0.3, 0.4) is 0 Å². The number of rotatable bonds is 2. The fourth-order valence-electron chi connectivity index (χ4n) is 1.55. The third-order valence-electron chi connectivity index (χ3n) is 2.07. The molecule has 1 rings (SSSR count). The smallest absolute Gasteiger partial charge is 0.0602 e. The van der Waals surface area contributed by atoms with E-state index in [2.05, 4.69) is 13.8 Å². The highest BCUT2D eigenvalue weighted by Gasteiger charge is 2.20. The van der Waals surface area contributed by atoms with E-state index in [1.165, 1.54) is 0 Å². The zero-order valence-corrected chi connectivity index (χ0v) is 7.42. The Morgan fingerprint density at radius 2 is 2.27 bits per heavy atom. The van der Waals surface area contributed by atoms with Gasteiger partial charge in [-0.3, -0.25) is 0 Å². The normalized spacial score (nSPS) is 32.7. The molecule has 1 saturated heterocycles. The lowest BCUT2D eigenvalue weighted by Gasteiger charge is -2.27. The van der Waals surface area contributed by atoms with Gasteiger partial charge in [0.1, 0.15) is 0 Å². The molecule has 1 fully saturated rings. The van der Waals surface area contributed by atoms with Gasteiger partial charge >= 0.3 is 0 Å². The van der Waals surface area contributed by atoms with Crippen molar-refractivity contribution in [3.05, 3.63) is 0 Å². The number of aliphatic hydroxyl groups is 1. The number of hydrogen-bond acceptors (Lipinski definition) is 2. The summed E-state index contributed by atoms with van der Waals surface area (Å²) in [6.45, 7) is 5.10. The van der Waals surface area contributed by atoms with E-state index in [9.17, 15) is 5.11 Å². The molecule has 2 atom stereocenters. The first-order chi connectivity index (χ1) is 5.18. The van der Waals surface area contributed by atoms with E-state index in [0.29, 0.717) is 12.0 Å². The largest absolute Gasteiger partial charge is 0.393 e. The Bertz CT molecular complexity index is 110. The maximum Gasteiger partial charge on any atom is 0.0602 e. The zero-order valence-electron chi connectivity index (χ0n) is 7.42. The van der Waals surface area contributed by atoms with Gasteiger partial charge in [0.15, 0.2) is 0 Å². The molecular formula is C9H18O2. The molecule has 0 aliphatic carbocycles. The fourth-order valence-corrected chi connectivity index (χ4v) is 1.55. The summed E-state index contributed by atoms with van der Waals surface area (Å²) >= 11 is 0. The fraction of sp³-hybridized carbons (Fsp3) is 1.00. The van der Waals surface area contributed by atoms with E-state index in [-0.39, 0.29) is 6.10 Å². The Kier molecular flexibility index (Phi) is 3.34. The molecule has 0 radical (unpaired) electrons. The molecule has 2 nitrogen and oxygen atoms in total. The van der Waals surface area contributed by atoms with Gasteiger partial charge in [-0.1, -0.05) is 13.8 Å². The molecule has 0 saturated carbocycles. The molecular weight excluding hydrogens is 140 g/mol. The first kappa shape index (κ1) is 9.01. The predicted octanol–water partition coefficient (Wildman–Crippen LogP) is 1.57. The number of hydrogen-bond donors (Lipinski definition) is 1. The van der Waals surface area contributed by atoms with Gasteiger partial charge in [-0.2, -0.15) is 0 Å². The Balaban J connectivity index is 2.23. The SMILES string of the molecule is CC(C)C[C@@H]1C[C@H](O)CCO1. The summed E-state index contributed by atoms with van der Waals surface area (Å²) in [4.78, 5) is 0. The Labute approximate surface area is 68.6 Å². The Hall–Kier alpha value is -0.0800. The summed E-state index contributed by atoms with van der Waals surface area (Å²) in [6, 6.07) is 0. The van der Waals surface area contributed by atoms with Crippen molar-refractivity contribution >= 4 is 0 Å². The molecule has 0 amide bonds. The molecule has 1 N–H and O–H groups in total. The van der Waals surface area contributed by atoms with Crippen LogP contribution in [-0.2, 0) is 4.74 Å². The highest BCUT2D eigenvalue weighted by atomic mass is 16.5. The van der Waals surface area contributed by atoms with Crippen molar-refractivity contribution in [3.8, 4) is 0 Å². The average molecular weight is 158 g/mol. The lowest BCUT2D eigenvalue weighted by atomic mass is 9.98. The van der Waals surface area contributed by atoms with Gasteiger partial charge in [-0.05, 0) is 25.2 Å². The Morgan fingerprint density at radius 3 is 2.82 bits per heavy atom. The van der Waals surface area contributed by atoms with Gasteiger partial charge in [0.2, 0.25) is 0 Å². The monoisotopic (exact) mass is 158 g/mol. The highest BCUT2D eigenvalue weighted by Crippen LogP contribution is 2.19. The van der Waals surface area contributed by atoms with Crippen LogP contribution in [0.15, 0.2) is 0 Å². The summed E-state index contributed by atoms with van der Waals surface area (Å²) in [5.74, 6) is 0.672. The number of ether oxygens (including phenoxy) is 1. The molecule has 0 aromatic rings. The lowest BCUT2D eigenvalue weighted by Crippen LogP contribution is -2.29. The van der Waals surface area contributed by atoms with Gasteiger partial charge < -0.3 is 9.84 Å². The first-order valence-electron chi connectivity index (χ1n) is 4.48. The van der Waals surface area contributed by atoms with Crippen LogP contribution in [0.5, 0.6) is 0 Å². The summed E-state index contributed by atoms with van der Waals surface area (Å²) < 4.78 is 5.50. The highest BCUT2D eigenvalue weighted by molar-refractivity contribution is 4.71. The molecule has 2 heteroatoms. The third kappa shape index (κ3) is 3.21. The van der Waals surface area contributed by atoms with Gasteiger partial charge in [0, 0.05) is 6.61 Å². The minimum absolute atomic E-state index is 0.118. The van der Waals surface area contributed by atoms with Crippen LogP contribution in [-0.4, -0.2) is 23.9 Å². The van der Waals surface area contributed by atoms with E-state index in [1.807, 2.05) is 0 Å². The maximum absolute atomic E-state index is 9.31. The molecule has 66 valence electrons. The third-order valence-corrected chi connectivity index (χ3v) is 2.07. The van der Waals surface area contributed by atoms with Crippen LogP contribution in [0.2, 0.25) is 0 Å². The zero-order chi connectivity index (χ0) is 8.27. The van der Waals surface area contributed by atoms with Crippen LogP contribution in [0.4, 0.5) is 0 Å². The topological polar surface area (TPSA) is 29.5 Å². The second kappa shape index (κ2) is 4.07. The Morgan fingerprint density at radius 1 is 1.55 bits per heavy atom. The van der Waals surface area contributed by atoms with Crippen molar-refractivity contribution < 1.29 is 9.84 Å². The molecule has 0 spiro atoms. The van der Waals surface area contributed by atoms with E-state index < -0.39 is 0 Å². The summed E-state index contributed by atoms with van der Waals surface area (Å²) in [7, 11) is 0. The molecule has 11 heavy (non-hydrogen) atoms. The van der Waals surface area contributed by atoms with E-state index in [0.717, 1.165) is 25.9 Å². The summed E-state index contributed by atoms with van der Waals surface area (Å²) in [5.41, 5.74) is 0. The molecule has 0 aromatic carbocycles. The minimum atomic E-state index is -0.118. The van der Waals surface area contributed by atoms with Gasteiger partial charge in [0.05, 0.1) is 12.2 Å². The van der Waals surface area contributed by atoms with Crippen molar-refractivity contribution in [2.45, 2.75) is 45.3 Å². The van der Waals surface area contributed by atoms with Crippen molar-refractivity contribution in [1.82, 2.24) is 0 Å². The van der Waals surface area contributed by atoms with Crippen LogP contribution in [0.1, 0.15) is 33.1 Å². The molecule has 0 aromatic heterocycles. The molecule has 0 unspecified atom stereocenters. The molecule has 1 aliphatic heterocycles. The summed E-state index contributed by atoms with van der Waals surface area (Å²) in [5, 5.41) is 9.31. The quantitative estimate of drug-likeness (QED) is 0.661. The average Bonchev–Trinajstić information content (AvgIpc) is 1.85. The van der Waals surface area contributed by atoms with Crippen LogP contribution in [0.25, 0.3) is 0 Å². The van der Waals surface area contributed by atoms with Crippen LogP contribution < -0.4 is 0 Å². The molecule has 1 heterocycles. The van der Waals surface area contributed by atoms with Gasteiger partial charge in [-0.15, -0.1) is 0 Å². The molecule has 1 aliphatic rings. The second-order valence-electron chi connectivity index (χ2n) is 3.80. The number of aliphatic hydroxyl groups excluding tert-OH is 1. The van der Waals surface area contributed by atoms with E-state index in [1.54, 1.807) is 0 Å². The summed E-state index contributed by atoms with van der Waals surface area (Å²) in [6.07, 6.45) is 2.91. The lowest BCUT2D eigenvalue weighted by molar-refractivity contribution is -0.0507. The van der Waals surface area contributed by atoms with E-state index >= 15 is 0 Å². The minimum Gasteiger partial charge on any atom is -0.393 e. The van der Waals surface area contributed by atoms with Gasteiger partial charge in [0.25, 0.3) is 0 Å².